The maximum absolute atomic E-state index is 13.2. The molecule has 2 heterocycles. The van der Waals surface area contributed by atoms with Crippen LogP contribution in [0.4, 0.5) is 0 Å². The van der Waals surface area contributed by atoms with E-state index in [0.29, 0.717) is 25.4 Å². The van der Waals surface area contributed by atoms with Gasteiger partial charge in [-0.1, -0.05) is 24.6 Å². The SMILES string of the molecule is COc1ccccc1CC(=O)N1CCCC[C@H]2CN(C(=O)CN(C)S(C)(=O)=O)C[C@H]21. The molecule has 2 saturated heterocycles. The van der Waals surface area contributed by atoms with Crippen molar-refractivity contribution in [1.82, 2.24) is 14.1 Å². The lowest BCUT2D eigenvalue weighted by molar-refractivity contribution is -0.134. The molecule has 0 spiro atoms. The van der Waals surface area contributed by atoms with Crippen molar-refractivity contribution in [3.05, 3.63) is 29.8 Å². The number of fused-ring (bicyclic) bond motifs is 1. The number of nitrogens with zero attached hydrogens (tertiary/aromatic N) is 3. The standard InChI is InChI=1S/C21H31N3O5S/c1-22(30(3,27)28)15-21(26)23-13-17-9-6-7-11-24(18(17)14-23)20(25)12-16-8-4-5-10-19(16)29-2/h4-5,8,10,17-18H,6-7,9,11-15H2,1-3H3/t17-,18+/m0/s1. The molecule has 0 N–H and O–H groups in total. The summed E-state index contributed by atoms with van der Waals surface area (Å²) in [5, 5.41) is 0. The lowest BCUT2D eigenvalue weighted by atomic mass is 9.98. The van der Waals surface area contributed by atoms with Crippen LogP contribution in [0.15, 0.2) is 24.3 Å². The van der Waals surface area contributed by atoms with Crippen molar-refractivity contribution in [3.63, 3.8) is 0 Å². The monoisotopic (exact) mass is 437 g/mol. The Morgan fingerprint density at radius 2 is 1.90 bits per heavy atom. The molecule has 3 rings (SSSR count). The summed E-state index contributed by atoms with van der Waals surface area (Å²) in [6.45, 7) is 1.53. The van der Waals surface area contributed by atoms with E-state index in [-0.39, 0.29) is 36.7 Å². The van der Waals surface area contributed by atoms with Crippen LogP contribution in [0.1, 0.15) is 24.8 Å². The number of rotatable bonds is 6. The minimum atomic E-state index is -3.42. The molecule has 8 nitrogen and oxygen atoms in total. The van der Waals surface area contributed by atoms with Gasteiger partial charge in [-0.15, -0.1) is 0 Å². The van der Waals surface area contributed by atoms with Crippen molar-refractivity contribution < 1.29 is 22.7 Å². The summed E-state index contributed by atoms with van der Waals surface area (Å²) in [6, 6.07) is 7.50. The molecule has 2 atom stereocenters. The lowest BCUT2D eigenvalue weighted by Gasteiger charge is -2.30. The molecule has 2 amide bonds. The fraction of sp³-hybridized carbons (Fsp3) is 0.619. The van der Waals surface area contributed by atoms with E-state index in [4.69, 9.17) is 4.74 Å². The molecule has 0 aliphatic carbocycles. The van der Waals surface area contributed by atoms with E-state index in [0.717, 1.165) is 35.4 Å². The van der Waals surface area contributed by atoms with E-state index in [1.807, 2.05) is 29.2 Å². The van der Waals surface area contributed by atoms with Crippen LogP contribution in [-0.2, 0) is 26.0 Å². The van der Waals surface area contributed by atoms with Gasteiger partial charge in [0.25, 0.3) is 0 Å². The molecule has 0 saturated carbocycles. The molecule has 2 fully saturated rings. The number of sulfonamides is 1. The van der Waals surface area contributed by atoms with Crippen LogP contribution in [0, 0.1) is 5.92 Å². The van der Waals surface area contributed by atoms with Crippen molar-refractivity contribution >= 4 is 21.8 Å². The lowest BCUT2D eigenvalue weighted by Crippen LogP contribution is -2.46. The topological polar surface area (TPSA) is 87.2 Å². The number of hydrogen-bond acceptors (Lipinski definition) is 5. The van der Waals surface area contributed by atoms with E-state index in [2.05, 4.69) is 0 Å². The van der Waals surface area contributed by atoms with E-state index >= 15 is 0 Å². The van der Waals surface area contributed by atoms with E-state index in [9.17, 15) is 18.0 Å². The maximum Gasteiger partial charge on any atom is 0.237 e. The van der Waals surface area contributed by atoms with Gasteiger partial charge in [0.05, 0.1) is 32.4 Å². The fourth-order valence-electron chi connectivity index (χ4n) is 4.38. The molecule has 2 aliphatic heterocycles. The first kappa shape index (κ1) is 22.6. The highest BCUT2D eigenvalue weighted by Gasteiger charge is 2.41. The normalized spacial score (nSPS) is 22.0. The Balaban J connectivity index is 1.71. The number of carbonyl (C=O) groups is 2. The van der Waals surface area contributed by atoms with E-state index in [1.165, 1.54) is 7.05 Å². The Hall–Kier alpha value is -2.13. The van der Waals surface area contributed by atoms with Crippen molar-refractivity contribution in [2.45, 2.75) is 31.7 Å². The number of benzene rings is 1. The van der Waals surface area contributed by atoms with Crippen molar-refractivity contribution in [3.8, 4) is 5.75 Å². The minimum Gasteiger partial charge on any atom is -0.496 e. The van der Waals surface area contributed by atoms with Gasteiger partial charge in [-0.2, -0.15) is 4.31 Å². The smallest absolute Gasteiger partial charge is 0.237 e. The summed E-state index contributed by atoms with van der Waals surface area (Å²) in [4.78, 5) is 29.5. The van der Waals surface area contributed by atoms with Crippen molar-refractivity contribution in [2.75, 3.05) is 46.6 Å². The van der Waals surface area contributed by atoms with Crippen LogP contribution in [0.25, 0.3) is 0 Å². The number of likely N-dealkylation sites (tertiary alicyclic amines) is 2. The number of ether oxygens (including phenoxy) is 1. The Morgan fingerprint density at radius 1 is 1.17 bits per heavy atom. The third-order valence-electron chi connectivity index (χ3n) is 6.16. The van der Waals surface area contributed by atoms with Gasteiger partial charge in [-0.05, 0) is 24.8 Å². The molecule has 0 bridgehead atoms. The molecule has 2 aliphatic rings. The molecule has 9 heteroatoms. The van der Waals surface area contributed by atoms with Gasteiger partial charge in [0.1, 0.15) is 5.75 Å². The first-order valence-corrected chi connectivity index (χ1v) is 12.2. The number of para-hydroxylation sites is 1. The van der Waals surface area contributed by atoms with Gasteiger partial charge in [0.15, 0.2) is 0 Å². The van der Waals surface area contributed by atoms with Gasteiger partial charge < -0.3 is 14.5 Å². The number of methoxy groups -OCH3 is 1. The Kier molecular flexibility index (Phi) is 7.02. The molecule has 1 aromatic carbocycles. The summed E-state index contributed by atoms with van der Waals surface area (Å²) in [7, 11) is -0.411. The summed E-state index contributed by atoms with van der Waals surface area (Å²) >= 11 is 0. The van der Waals surface area contributed by atoms with E-state index < -0.39 is 10.0 Å². The molecule has 166 valence electrons. The zero-order valence-electron chi connectivity index (χ0n) is 17.9. The quantitative estimate of drug-likeness (QED) is 0.662. The van der Waals surface area contributed by atoms with Crippen LogP contribution in [0.2, 0.25) is 0 Å². The van der Waals surface area contributed by atoms with Crippen LogP contribution in [0.5, 0.6) is 5.75 Å². The number of amides is 2. The van der Waals surface area contributed by atoms with Gasteiger partial charge in [0.2, 0.25) is 21.8 Å². The number of likely N-dealkylation sites (N-methyl/N-ethyl adjacent to an activating group) is 1. The second-order valence-electron chi connectivity index (χ2n) is 8.22. The molecular formula is C21H31N3O5S. The molecule has 0 unspecified atom stereocenters. The van der Waals surface area contributed by atoms with Crippen molar-refractivity contribution in [2.24, 2.45) is 5.92 Å². The van der Waals surface area contributed by atoms with E-state index in [1.54, 1.807) is 12.0 Å². The molecular weight excluding hydrogens is 406 g/mol. The number of carbonyl (C=O) groups excluding carboxylic acids is 2. The van der Waals surface area contributed by atoms with Crippen molar-refractivity contribution in [1.29, 1.82) is 0 Å². The average molecular weight is 438 g/mol. The predicted molar refractivity (Wildman–Crippen MR) is 114 cm³/mol. The third kappa shape index (κ3) is 5.13. The molecule has 0 aromatic heterocycles. The highest BCUT2D eigenvalue weighted by molar-refractivity contribution is 7.88. The molecule has 30 heavy (non-hydrogen) atoms. The number of hydrogen-bond donors (Lipinski definition) is 0. The summed E-state index contributed by atoms with van der Waals surface area (Å²) in [5.74, 6) is 0.748. The third-order valence-corrected chi connectivity index (χ3v) is 7.42. The zero-order valence-corrected chi connectivity index (χ0v) is 18.7. The largest absolute Gasteiger partial charge is 0.496 e. The predicted octanol–water partition coefficient (Wildman–Crippen LogP) is 0.969. The first-order valence-electron chi connectivity index (χ1n) is 10.3. The van der Waals surface area contributed by atoms with Gasteiger partial charge in [-0.25, -0.2) is 8.42 Å². The Labute approximate surface area is 178 Å². The Morgan fingerprint density at radius 3 is 2.60 bits per heavy atom. The van der Waals surface area contributed by atoms with Crippen LogP contribution >= 0.6 is 0 Å². The second kappa shape index (κ2) is 9.34. The van der Waals surface area contributed by atoms with Gasteiger partial charge >= 0.3 is 0 Å². The van der Waals surface area contributed by atoms with Crippen LogP contribution in [0.3, 0.4) is 0 Å². The summed E-state index contributed by atoms with van der Waals surface area (Å²) in [6.07, 6.45) is 4.29. The van der Waals surface area contributed by atoms with Crippen LogP contribution in [-0.4, -0.2) is 87.0 Å². The summed E-state index contributed by atoms with van der Waals surface area (Å²) in [5.41, 5.74) is 0.853. The zero-order chi connectivity index (χ0) is 21.9. The van der Waals surface area contributed by atoms with Gasteiger partial charge in [-0.3, -0.25) is 9.59 Å². The first-order chi connectivity index (χ1) is 14.2. The molecule has 0 radical (unpaired) electrons. The fourth-order valence-corrected chi connectivity index (χ4v) is 4.72. The highest BCUT2D eigenvalue weighted by atomic mass is 32.2. The molecule has 1 aromatic rings. The summed E-state index contributed by atoms with van der Waals surface area (Å²) < 4.78 is 29.7. The minimum absolute atomic E-state index is 0.0257. The van der Waals surface area contributed by atoms with Crippen LogP contribution < -0.4 is 4.74 Å². The average Bonchev–Trinajstić information content (AvgIpc) is 3.01. The van der Waals surface area contributed by atoms with Gasteiger partial charge in [0, 0.05) is 32.2 Å². The highest BCUT2D eigenvalue weighted by Crippen LogP contribution is 2.31. The maximum atomic E-state index is 13.2. The Bertz CT molecular complexity index is 888. The second-order valence-corrected chi connectivity index (χ2v) is 10.3.